The number of hydrogen-bond acceptors (Lipinski definition) is 5. The Morgan fingerprint density at radius 3 is 1.60 bits per heavy atom. The van der Waals surface area contributed by atoms with E-state index in [4.69, 9.17) is 0 Å². The molecule has 0 amide bonds. The molecule has 15 heavy (non-hydrogen) atoms. The van der Waals surface area contributed by atoms with Crippen LogP contribution in [-0.2, 0) is 35.8 Å². The van der Waals surface area contributed by atoms with Crippen molar-refractivity contribution in [1.82, 2.24) is 0 Å². The molecule has 0 heterocycles. The van der Waals surface area contributed by atoms with Crippen LogP contribution in [0.3, 0.4) is 0 Å². The van der Waals surface area contributed by atoms with E-state index in [0.29, 0.717) is 0 Å². The number of hydrogen-bond donors (Lipinski definition) is 0. The van der Waals surface area contributed by atoms with Crippen LogP contribution in [-0.4, -0.2) is 0 Å². The molecule has 5 nitrogen and oxygen atoms in total. The third-order valence-corrected chi connectivity index (χ3v) is 2.14. The first-order valence-electron chi connectivity index (χ1n) is 3.51. The SMILES string of the molecule is Cc1ccccc1.O=[P+]([O-])O[P+](=O)[O-].[Ag]. The Morgan fingerprint density at radius 2 is 1.47 bits per heavy atom. The number of aryl methyl sites for hydroxylation is 1. The smallest absolute Gasteiger partial charge is 0.543 e. The van der Waals surface area contributed by atoms with Gasteiger partial charge >= 0.3 is 16.5 Å². The molecule has 1 radical (unpaired) electrons. The van der Waals surface area contributed by atoms with Crippen LogP contribution in [0.5, 0.6) is 0 Å². The Morgan fingerprint density at radius 1 is 1.07 bits per heavy atom. The van der Waals surface area contributed by atoms with Gasteiger partial charge in [0.2, 0.25) is 0 Å². The van der Waals surface area contributed by atoms with Crippen LogP contribution >= 0.6 is 16.5 Å². The van der Waals surface area contributed by atoms with Crippen molar-refractivity contribution < 1.29 is 45.6 Å². The summed E-state index contributed by atoms with van der Waals surface area (Å²) in [7, 11) is -6.47. The van der Waals surface area contributed by atoms with E-state index in [0.717, 1.165) is 0 Å². The monoisotopic (exact) mass is 341 g/mol. The van der Waals surface area contributed by atoms with Crippen molar-refractivity contribution >= 4 is 16.5 Å². The van der Waals surface area contributed by atoms with Crippen molar-refractivity contribution in [3.8, 4) is 0 Å². The van der Waals surface area contributed by atoms with E-state index < -0.39 is 16.5 Å². The molecule has 0 aliphatic carbocycles. The molecule has 1 aromatic carbocycles. The van der Waals surface area contributed by atoms with E-state index in [-0.39, 0.29) is 22.4 Å². The van der Waals surface area contributed by atoms with Gasteiger partial charge in [0.1, 0.15) is 4.31 Å². The van der Waals surface area contributed by atoms with Gasteiger partial charge < -0.3 is 9.79 Å². The third kappa shape index (κ3) is 14.0. The summed E-state index contributed by atoms with van der Waals surface area (Å²) in [6, 6.07) is 10.3. The number of benzene rings is 1. The molecule has 0 spiro atoms. The summed E-state index contributed by atoms with van der Waals surface area (Å²) in [6.45, 7) is 2.08. The van der Waals surface area contributed by atoms with Crippen LogP contribution in [0, 0.1) is 6.92 Å². The van der Waals surface area contributed by atoms with E-state index >= 15 is 0 Å². The van der Waals surface area contributed by atoms with Gasteiger partial charge in [0.05, 0.1) is 0 Å². The van der Waals surface area contributed by atoms with Gasteiger partial charge in [0.25, 0.3) is 0 Å². The Labute approximate surface area is 105 Å². The van der Waals surface area contributed by atoms with Crippen molar-refractivity contribution in [1.29, 1.82) is 0 Å². The fourth-order valence-corrected chi connectivity index (χ4v) is 1.02. The van der Waals surface area contributed by atoms with Crippen molar-refractivity contribution in [3.63, 3.8) is 0 Å². The first kappa shape index (κ1) is 17.4. The van der Waals surface area contributed by atoms with Crippen molar-refractivity contribution in [2.24, 2.45) is 0 Å². The van der Waals surface area contributed by atoms with Crippen molar-refractivity contribution in [3.05, 3.63) is 35.9 Å². The molecule has 8 heteroatoms. The van der Waals surface area contributed by atoms with E-state index in [1.54, 1.807) is 0 Å². The third-order valence-electron chi connectivity index (χ3n) is 1.07. The van der Waals surface area contributed by atoms with Crippen molar-refractivity contribution in [2.75, 3.05) is 0 Å². The van der Waals surface area contributed by atoms with Gasteiger partial charge in [0, 0.05) is 22.4 Å². The second kappa shape index (κ2) is 10.6. The van der Waals surface area contributed by atoms with Crippen LogP contribution in [0.1, 0.15) is 5.56 Å². The first-order valence-corrected chi connectivity index (χ1v) is 5.70. The summed E-state index contributed by atoms with van der Waals surface area (Å²) in [5, 5.41) is 0. The summed E-state index contributed by atoms with van der Waals surface area (Å²) < 4.78 is 21.6. The summed E-state index contributed by atoms with van der Waals surface area (Å²) in [6.07, 6.45) is 0. The normalized spacial score (nSPS) is 10.3. The van der Waals surface area contributed by atoms with Crippen LogP contribution < -0.4 is 9.79 Å². The Bertz CT molecular complexity index is 294. The average Bonchev–Trinajstić information content (AvgIpc) is 2.03. The molecule has 0 saturated carbocycles. The van der Waals surface area contributed by atoms with E-state index in [9.17, 15) is 18.9 Å². The second-order valence-electron chi connectivity index (χ2n) is 2.18. The van der Waals surface area contributed by atoms with Gasteiger partial charge in [-0.1, -0.05) is 35.9 Å². The fourth-order valence-electron chi connectivity index (χ4n) is 0.589. The minimum Gasteiger partial charge on any atom is -0.563 e. The molecule has 1 rings (SSSR count). The molecule has 0 N–H and O–H groups in total. The minimum atomic E-state index is -3.24. The topological polar surface area (TPSA) is 89.5 Å². The molecule has 87 valence electrons. The summed E-state index contributed by atoms with van der Waals surface area (Å²) in [5.41, 5.74) is 1.32. The molecule has 0 aromatic heterocycles. The standard InChI is InChI=1S/C7H8.Ag.O5P2/c1-7-5-3-2-4-6-7;;1-6(2)5-7(3)4/h2-6H,1H3;;. The summed E-state index contributed by atoms with van der Waals surface area (Å²) in [4.78, 5) is 18.5. The maximum atomic E-state index is 9.24. The van der Waals surface area contributed by atoms with E-state index in [1.165, 1.54) is 5.56 Å². The zero-order valence-corrected chi connectivity index (χ0v) is 10.9. The van der Waals surface area contributed by atoms with Crippen molar-refractivity contribution in [2.45, 2.75) is 6.92 Å². The molecular formula is C7H8AgO5P2. The molecule has 1 aromatic rings. The molecule has 2 atom stereocenters. The van der Waals surface area contributed by atoms with Gasteiger partial charge in [-0.2, -0.15) is 0 Å². The van der Waals surface area contributed by atoms with Gasteiger partial charge in [-0.3, -0.25) is 0 Å². The van der Waals surface area contributed by atoms with Crippen LogP contribution in [0.4, 0.5) is 0 Å². The minimum absolute atomic E-state index is 0. The molecule has 0 saturated heterocycles. The average molecular weight is 342 g/mol. The molecule has 0 fully saturated rings. The van der Waals surface area contributed by atoms with Gasteiger partial charge in [0.15, 0.2) is 0 Å². The maximum Gasteiger partial charge on any atom is 0.543 e. The fraction of sp³-hybridized carbons (Fsp3) is 0.143. The van der Waals surface area contributed by atoms with Gasteiger partial charge in [-0.25, -0.2) is 0 Å². The zero-order valence-electron chi connectivity index (χ0n) is 7.62. The molecule has 0 aliphatic rings. The Kier molecular flexibility index (Phi) is 12.3. The Hall–Kier alpha value is 0.0403. The predicted octanol–water partition coefficient (Wildman–Crippen LogP) is 1.03. The van der Waals surface area contributed by atoms with Crippen LogP contribution in [0.15, 0.2) is 30.3 Å². The van der Waals surface area contributed by atoms with Gasteiger partial charge in [-0.05, 0) is 16.1 Å². The van der Waals surface area contributed by atoms with E-state index in [1.807, 2.05) is 18.2 Å². The number of rotatable bonds is 2. The molecule has 2 unspecified atom stereocenters. The summed E-state index contributed by atoms with van der Waals surface area (Å²) >= 11 is 0. The molecular weight excluding hydrogens is 334 g/mol. The van der Waals surface area contributed by atoms with E-state index in [2.05, 4.69) is 23.4 Å². The zero-order chi connectivity index (χ0) is 11.0. The Balaban J connectivity index is 0. The van der Waals surface area contributed by atoms with Gasteiger partial charge in [-0.15, -0.1) is 0 Å². The predicted molar refractivity (Wildman–Crippen MR) is 47.5 cm³/mol. The van der Waals surface area contributed by atoms with Crippen LogP contribution in [0.25, 0.3) is 0 Å². The van der Waals surface area contributed by atoms with Crippen LogP contribution in [0.2, 0.25) is 0 Å². The first-order chi connectivity index (χ1) is 6.52. The summed E-state index contributed by atoms with van der Waals surface area (Å²) in [5.74, 6) is 0. The second-order valence-corrected chi connectivity index (χ2v) is 3.73. The maximum absolute atomic E-state index is 9.24. The molecule has 0 bridgehead atoms. The molecule has 0 aliphatic heterocycles. The quantitative estimate of drug-likeness (QED) is 0.592. The largest absolute Gasteiger partial charge is 0.563 e.